The van der Waals surface area contributed by atoms with E-state index in [0.717, 1.165) is 0 Å². The lowest BCUT2D eigenvalue weighted by atomic mass is 10.3. The van der Waals surface area contributed by atoms with Crippen LogP contribution in [0.2, 0.25) is 20.1 Å². The molecule has 1 aromatic carbocycles. The molecular weight excluding hydrogens is 339 g/mol. The highest BCUT2D eigenvalue weighted by molar-refractivity contribution is 6.55. The van der Waals surface area contributed by atoms with Gasteiger partial charge in [-0.2, -0.15) is 8.78 Å². The van der Waals surface area contributed by atoms with Gasteiger partial charge in [0, 0.05) is 0 Å². The van der Waals surface area contributed by atoms with Crippen LogP contribution < -0.4 is 0 Å². The van der Waals surface area contributed by atoms with Crippen LogP contribution in [0.15, 0.2) is 0 Å². The first-order chi connectivity index (χ1) is 7.73. The van der Waals surface area contributed by atoms with Gasteiger partial charge in [0.15, 0.2) is 5.82 Å². The molecule has 0 aliphatic carbocycles. The summed E-state index contributed by atoms with van der Waals surface area (Å²) >= 11 is 28.0. The molecule has 0 amide bonds. The van der Waals surface area contributed by atoms with Crippen molar-refractivity contribution < 1.29 is 8.78 Å². The van der Waals surface area contributed by atoms with Crippen molar-refractivity contribution in [1.82, 2.24) is 9.97 Å². The number of hydrogen-bond acceptors (Lipinski definition) is 1. The number of H-pyrrole nitrogens is 1. The van der Waals surface area contributed by atoms with E-state index < -0.39 is 11.2 Å². The van der Waals surface area contributed by atoms with Gasteiger partial charge in [-0.25, -0.2) is 4.98 Å². The fraction of sp³-hybridized carbons (Fsp3) is 0.125. The summed E-state index contributed by atoms with van der Waals surface area (Å²) in [5.74, 6) is -0.781. The standard InChI is InChI=1S/C8HCl5F2N2/c9-1-2(10)4(12)6-5(3(1)11)16-7(17-6)8(13,14)15/h(H,16,17). The molecule has 1 heterocycles. The quantitative estimate of drug-likeness (QED) is 0.416. The molecule has 1 N–H and O–H groups in total. The molecule has 0 bridgehead atoms. The second-order valence-corrected chi connectivity index (χ2v) is 5.05. The summed E-state index contributed by atoms with van der Waals surface area (Å²) < 4.78 is 25.8. The van der Waals surface area contributed by atoms with Crippen molar-refractivity contribution in [3.63, 3.8) is 0 Å². The average molecular weight is 340 g/mol. The number of aromatic nitrogens is 2. The number of halogens is 7. The van der Waals surface area contributed by atoms with Crippen LogP contribution in [0.25, 0.3) is 11.0 Å². The molecule has 0 aliphatic heterocycles. The van der Waals surface area contributed by atoms with Gasteiger partial charge in [0.05, 0.1) is 25.6 Å². The lowest BCUT2D eigenvalue weighted by molar-refractivity contribution is 0.0859. The smallest absolute Gasteiger partial charge is 0.334 e. The molecule has 0 saturated heterocycles. The SMILES string of the molecule is FC(F)(Cl)c1nc2c(Cl)c(Cl)c(Cl)c(Cl)c2[nH]1. The van der Waals surface area contributed by atoms with Crippen molar-refractivity contribution in [2.45, 2.75) is 5.38 Å². The third-order valence-corrected chi connectivity index (χ3v) is 3.95. The van der Waals surface area contributed by atoms with E-state index >= 15 is 0 Å². The van der Waals surface area contributed by atoms with Gasteiger partial charge in [0.1, 0.15) is 5.52 Å². The number of fused-ring (bicyclic) bond motifs is 1. The molecule has 17 heavy (non-hydrogen) atoms. The predicted molar refractivity (Wildman–Crippen MR) is 65.9 cm³/mol. The van der Waals surface area contributed by atoms with Crippen molar-refractivity contribution >= 4 is 69.0 Å². The molecule has 2 rings (SSSR count). The average Bonchev–Trinajstić information content (AvgIpc) is 2.67. The van der Waals surface area contributed by atoms with E-state index in [1.165, 1.54) is 0 Å². The Morgan fingerprint density at radius 2 is 1.47 bits per heavy atom. The lowest BCUT2D eigenvalue weighted by Gasteiger charge is -2.02. The summed E-state index contributed by atoms with van der Waals surface area (Å²) in [6, 6.07) is 0. The zero-order valence-electron chi connectivity index (χ0n) is 7.59. The van der Waals surface area contributed by atoms with Gasteiger partial charge in [-0.15, -0.1) is 0 Å². The van der Waals surface area contributed by atoms with Crippen LogP contribution in [-0.4, -0.2) is 9.97 Å². The normalized spacial score (nSPS) is 12.4. The van der Waals surface area contributed by atoms with Crippen molar-refractivity contribution in [2.75, 3.05) is 0 Å². The zero-order valence-corrected chi connectivity index (χ0v) is 11.4. The number of benzene rings is 1. The van der Waals surface area contributed by atoms with Crippen molar-refractivity contribution in [3.05, 3.63) is 25.9 Å². The van der Waals surface area contributed by atoms with E-state index in [0.29, 0.717) is 0 Å². The highest BCUT2D eigenvalue weighted by atomic mass is 35.5. The molecular formula is C8HCl5F2N2. The minimum Gasteiger partial charge on any atom is -0.334 e. The van der Waals surface area contributed by atoms with Crippen LogP contribution in [0.3, 0.4) is 0 Å². The van der Waals surface area contributed by atoms with Gasteiger partial charge in [0.2, 0.25) is 0 Å². The van der Waals surface area contributed by atoms with Crippen LogP contribution in [0, 0.1) is 0 Å². The largest absolute Gasteiger partial charge is 0.379 e. The van der Waals surface area contributed by atoms with Crippen LogP contribution in [0.5, 0.6) is 0 Å². The number of rotatable bonds is 1. The van der Waals surface area contributed by atoms with Crippen LogP contribution in [0.4, 0.5) is 8.78 Å². The first kappa shape index (κ1) is 13.4. The number of imidazole rings is 1. The van der Waals surface area contributed by atoms with E-state index in [9.17, 15) is 8.78 Å². The number of nitrogens with zero attached hydrogens (tertiary/aromatic N) is 1. The monoisotopic (exact) mass is 338 g/mol. The molecule has 2 aromatic rings. The van der Waals surface area contributed by atoms with Crippen LogP contribution in [0.1, 0.15) is 5.82 Å². The maximum atomic E-state index is 12.9. The molecule has 0 unspecified atom stereocenters. The molecule has 9 heteroatoms. The maximum Gasteiger partial charge on any atom is 0.379 e. The predicted octanol–water partition coefficient (Wildman–Crippen LogP) is 5.46. The molecule has 2 nitrogen and oxygen atoms in total. The minimum absolute atomic E-state index is 0.0126. The van der Waals surface area contributed by atoms with Gasteiger partial charge in [-0.1, -0.05) is 46.4 Å². The molecule has 0 spiro atoms. The molecule has 0 saturated carbocycles. The highest BCUT2D eigenvalue weighted by Crippen LogP contribution is 2.43. The number of alkyl halides is 3. The van der Waals surface area contributed by atoms with Gasteiger partial charge < -0.3 is 4.98 Å². The van der Waals surface area contributed by atoms with E-state index in [4.69, 9.17) is 58.0 Å². The summed E-state index contributed by atoms with van der Waals surface area (Å²) in [5.41, 5.74) is 0.0442. The molecule has 0 radical (unpaired) electrons. The van der Waals surface area contributed by atoms with E-state index in [2.05, 4.69) is 9.97 Å². The molecule has 0 fully saturated rings. The maximum absolute atomic E-state index is 12.9. The second kappa shape index (κ2) is 4.28. The minimum atomic E-state index is -3.66. The summed E-state index contributed by atoms with van der Waals surface area (Å²) in [7, 11) is 0. The van der Waals surface area contributed by atoms with Crippen molar-refractivity contribution in [3.8, 4) is 0 Å². The van der Waals surface area contributed by atoms with Gasteiger partial charge in [0.25, 0.3) is 0 Å². The van der Waals surface area contributed by atoms with Gasteiger partial charge in [-0.3, -0.25) is 0 Å². The van der Waals surface area contributed by atoms with Crippen LogP contribution in [-0.2, 0) is 5.38 Å². The van der Waals surface area contributed by atoms with Crippen molar-refractivity contribution in [1.29, 1.82) is 0 Å². The molecule has 92 valence electrons. The summed E-state index contributed by atoms with van der Waals surface area (Å²) in [5, 5.41) is -3.87. The Bertz CT molecular complexity index is 559. The van der Waals surface area contributed by atoms with E-state index in [-0.39, 0.29) is 31.1 Å². The van der Waals surface area contributed by atoms with Gasteiger partial charge >= 0.3 is 5.38 Å². The summed E-state index contributed by atoms with van der Waals surface area (Å²) in [4.78, 5) is 5.81. The Kier molecular flexibility index (Phi) is 3.38. The second-order valence-electron chi connectivity index (χ2n) is 3.06. The van der Waals surface area contributed by atoms with E-state index in [1.807, 2.05) is 0 Å². The number of hydrogen-bond donors (Lipinski definition) is 1. The van der Waals surface area contributed by atoms with Crippen molar-refractivity contribution in [2.24, 2.45) is 0 Å². The molecule has 0 atom stereocenters. The Morgan fingerprint density at radius 1 is 0.941 bits per heavy atom. The Hall–Kier alpha value is -0.000000000000000167. The summed E-state index contributed by atoms with van der Waals surface area (Å²) in [6.45, 7) is 0. The number of nitrogens with one attached hydrogen (secondary N) is 1. The van der Waals surface area contributed by atoms with Gasteiger partial charge in [-0.05, 0) is 11.6 Å². The molecule has 1 aromatic heterocycles. The van der Waals surface area contributed by atoms with E-state index in [1.54, 1.807) is 0 Å². The Balaban J connectivity index is 2.86. The molecule has 0 aliphatic rings. The van der Waals surface area contributed by atoms with Crippen LogP contribution >= 0.6 is 58.0 Å². The fourth-order valence-corrected chi connectivity index (χ4v) is 2.25. The first-order valence-corrected chi connectivity index (χ1v) is 5.91. The number of aromatic amines is 1. The third-order valence-electron chi connectivity index (χ3n) is 1.98. The summed E-state index contributed by atoms with van der Waals surface area (Å²) in [6.07, 6.45) is 0. The topological polar surface area (TPSA) is 28.7 Å². The third kappa shape index (κ3) is 2.17. The Morgan fingerprint density at radius 3 is 2.00 bits per heavy atom. The zero-order chi connectivity index (χ0) is 13.0. The first-order valence-electron chi connectivity index (χ1n) is 4.02. The Labute approximate surface area is 119 Å². The fourth-order valence-electron chi connectivity index (χ4n) is 1.23. The lowest BCUT2D eigenvalue weighted by Crippen LogP contribution is -2.05. The highest BCUT2D eigenvalue weighted by Gasteiger charge is 2.33.